The molecule has 0 saturated heterocycles. The van der Waals surface area contributed by atoms with Gasteiger partial charge in [0.25, 0.3) is 0 Å². The van der Waals surface area contributed by atoms with Crippen molar-refractivity contribution in [3.63, 3.8) is 0 Å². The van der Waals surface area contributed by atoms with Crippen molar-refractivity contribution in [3.8, 4) is 0 Å². The maximum atomic E-state index is 4.75. The summed E-state index contributed by atoms with van der Waals surface area (Å²) in [5.41, 5.74) is 2.94. The average Bonchev–Trinajstić information content (AvgIpc) is 3.12. The molecule has 0 radical (unpaired) electrons. The highest BCUT2D eigenvalue weighted by Gasteiger charge is 2.47. The van der Waals surface area contributed by atoms with Crippen LogP contribution >= 0.6 is 0 Å². The van der Waals surface area contributed by atoms with Crippen molar-refractivity contribution < 1.29 is 0 Å². The second-order valence-corrected chi connectivity index (χ2v) is 5.91. The number of hydrogen-bond donors (Lipinski definition) is 1. The summed E-state index contributed by atoms with van der Waals surface area (Å²) in [6.45, 7) is 5.55. The minimum absolute atomic E-state index is 0.438. The van der Waals surface area contributed by atoms with E-state index >= 15 is 0 Å². The monoisotopic (exact) mass is 257 g/mol. The van der Waals surface area contributed by atoms with Gasteiger partial charge in [0.2, 0.25) is 0 Å². The summed E-state index contributed by atoms with van der Waals surface area (Å²) in [5.74, 6) is 0. The maximum absolute atomic E-state index is 4.75. The SMILES string of the molecule is CCNC(C)C1(Cc2nn(C)c3ccccc23)CC1. The Balaban J connectivity index is 1.90. The van der Waals surface area contributed by atoms with Crippen molar-refractivity contribution >= 4 is 10.9 Å². The van der Waals surface area contributed by atoms with Crippen LogP contribution in [0, 0.1) is 5.41 Å². The smallest absolute Gasteiger partial charge is 0.0709 e. The van der Waals surface area contributed by atoms with Gasteiger partial charge in [-0.1, -0.05) is 25.1 Å². The van der Waals surface area contributed by atoms with Gasteiger partial charge in [0.15, 0.2) is 0 Å². The van der Waals surface area contributed by atoms with E-state index in [1.807, 2.05) is 11.7 Å². The zero-order chi connectivity index (χ0) is 13.5. The van der Waals surface area contributed by atoms with E-state index in [2.05, 4.69) is 43.4 Å². The van der Waals surface area contributed by atoms with Crippen LogP contribution in [-0.2, 0) is 13.5 Å². The molecule has 0 bridgehead atoms. The van der Waals surface area contributed by atoms with Crippen LogP contribution in [0.1, 0.15) is 32.4 Å². The van der Waals surface area contributed by atoms with E-state index in [4.69, 9.17) is 5.10 Å². The van der Waals surface area contributed by atoms with Gasteiger partial charge >= 0.3 is 0 Å². The summed E-state index contributed by atoms with van der Waals surface area (Å²) in [5, 5.41) is 9.65. The van der Waals surface area contributed by atoms with Gasteiger partial charge in [0.1, 0.15) is 0 Å². The Hall–Kier alpha value is -1.35. The van der Waals surface area contributed by atoms with Gasteiger partial charge in [-0.2, -0.15) is 5.10 Å². The molecule has 1 heterocycles. The number of aromatic nitrogens is 2. The number of hydrogen-bond acceptors (Lipinski definition) is 2. The summed E-state index contributed by atoms with van der Waals surface area (Å²) in [7, 11) is 2.04. The van der Waals surface area contributed by atoms with E-state index in [0.717, 1.165) is 13.0 Å². The summed E-state index contributed by atoms with van der Waals surface area (Å²) in [6, 6.07) is 9.13. The lowest BCUT2D eigenvalue weighted by Gasteiger charge is -2.23. The third kappa shape index (κ3) is 2.16. The third-order valence-electron chi connectivity index (χ3n) is 4.67. The first-order valence-corrected chi connectivity index (χ1v) is 7.30. The van der Waals surface area contributed by atoms with Crippen molar-refractivity contribution in [2.45, 2.75) is 39.2 Å². The molecule has 3 nitrogen and oxygen atoms in total. The molecule has 1 aliphatic carbocycles. The van der Waals surface area contributed by atoms with Gasteiger partial charge < -0.3 is 5.32 Å². The molecule has 2 aromatic rings. The number of benzene rings is 1. The van der Waals surface area contributed by atoms with Crippen LogP contribution in [0.2, 0.25) is 0 Å². The number of rotatable bonds is 5. The van der Waals surface area contributed by atoms with Gasteiger partial charge in [0.05, 0.1) is 11.2 Å². The molecule has 19 heavy (non-hydrogen) atoms. The van der Waals surface area contributed by atoms with Crippen LogP contribution in [0.25, 0.3) is 10.9 Å². The lowest BCUT2D eigenvalue weighted by Crippen LogP contribution is -2.36. The highest BCUT2D eigenvalue weighted by molar-refractivity contribution is 5.82. The van der Waals surface area contributed by atoms with Crippen LogP contribution in [0.5, 0.6) is 0 Å². The van der Waals surface area contributed by atoms with Crippen molar-refractivity contribution in [3.05, 3.63) is 30.0 Å². The summed E-state index contributed by atoms with van der Waals surface area (Å²) >= 11 is 0. The first kappa shape index (κ1) is 12.7. The minimum Gasteiger partial charge on any atom is -0.314 e. The summed E-state index contributed by atoms with van der Waals surface area (Å²) in [6.07, 6.45) is 3.75. The van der Waals surface area contributed by atoms with Gasteiger partial charge in [-0.15, -0.1) is 0 Å². The van der Waals surface area contributed by atoms with Gasteiger partial charge in [-0.05, 0) is 44.2 Å². The molecule has 1 aliphatic rings. The van der Waals surface area contributed by atoms with E-state index < -0.39 is 0 Å². The quantitative estimate of drug-likeness (QED) is 0.892. The Morgan fingerprint density at radius 2 is 2.11 bits per heavy atom. The van der Waals surface area contributed by atoms with Crippen molar-refractivity contribution in [2.24, 2.45) is 12.5 Å². The molecule has 1 aromatic carbocycles. The standard InChI is InChI=1S/C16H23N3/c1-4-17-12(2)16(9-10-16)11-14-13-7-5-6-8-15(13)19(3)18-14/h5-8,12,17H,4,9-11H2,1-3H3. The van der Waals surface area contributed by atoms with Crippen LogP contribution in [0.15, 0.2) is 24.3 Å². The molecule has 3 rings (SSSR count). The predicted molar refractivity (Wildman–Crippen MR) is 79.2 cm³/mol. The largest absolute Gasteiger partial charge is 0.314 e. The van der Waals surface area contributed by atoms with E-state index in [1.54, 1.807) is 0 Å². The molecular weight excluding hydrogens is 234 g/mol. The normalized spacial score (nSPS) is 18.7. The molecule has 102 valence electrons. The molecule has 1 unspecified atom stereocenters. The van der Waals surface area contributed by atoms with Crippen LogP contribution in [0.3, 0.4) is 0 Å². The van der Waals surface area contributed by atoms with Gasteiger partial charge in [-0.3, -0.25) is 4.68 Å². The number of para-hydroxylation sites is 1. The predicted octanol–water partition coefficient (Wildman–Crippen LogP) is 2.89. The molecule has 1 atom stereocenters. The fraction of sp³-hybridized carbons (Fsp3) is 0.562. The molecule has 1 aromatic heterocycles. The van der Waals surface area contributed by atoms with Gasteiger partial charge in [0, 0.05) is 18.5 Å². The molecular formula is C16H23N3. The number of fused-ring (bicyclic) bond motifs is 1. The first-order chi connectivity index (χ1) is 9.16. The topological polar surface area (TPSA) is 29.9 Å². The second kappa shape index (κ2) is 4.64. The lowest BCUT2D eigenvalue weighted by molar-refractivity contribution is 0.353. The molecule has 1 saturated carbocycles. The fourth-order valence-corrected chi connectivity index (χ4v) is 3.20. The Morgan fingerprint density at radius 3 is 2.79 bits per heavy atom. The van der Waals surface area contributed by atoms with E-state index in [1.165, 1.54) is 29.4 Å². The zero-order valence-corrected chi connectivity index (χ0v) is 12.1. The second-order valence-electron chi connectivity index (χ2n) is 5.91. The molecule has 3 heteroatoms. The molecule has 0 aliphatic heterocycles. The highest BCUT2D eigenvalue weighted by Crippen LogP contribution is 2.51. The van der Waals surface area contributed by atoms with Crippen LogP contribution in [-0.4, -0.2) is 22.4 Å². The number of nitrogens with zero attached hydrogens (tertiary/aromatic N) is 2. The van der Waals surface area contributed by atoms with Crippen molar-refractivity contribution in [1.29, 1.82) is 0 Å². The minimum atomic E-state index is 0.438. The van der Waals surface area contributed by atoms with E-state index in [0.29, 0.717) is 11.5 Å². The van der Waals surface area contributed by atoms with Crippen LogP contribution in [0.4, 0.5) is 0 Å². The fourth-order valence-electron chi connectivity index (χ4n) is 3.20. The number of nitrogens with one attached hydrogen (secondary N) is 1. The zero-order valence-electron chi connectivity index (χ0n) is 12.1. The Morgan fingerprint density at radius 1 is 1.37 bits per heavy atom. The Kier molecular flexibility index (Phi) is 3.09. The number of aryl methyl sites for hydroxylation is 1. The molecule has 1 N–H and O–H groups in total. The van der Waals surface area contributed by atoms with Crippen LogP contribution < -0.4 is 5.32 Å². The molecule has 1 fully saturated rings. The maximum Gasteiger partial charge on any atom is 0.0709 e. The molecule has 0 amide bonds. The summed E-state index contributed by atoms with van der Waals surface area (Å²) in [4.78, 5) is 0. The lowest BCUT2D eigenvalue weighted by atomic mass is 9.91. The third-order valence-corrected chi connectivity index (χ3v) is 4.67. The van der Waals surface area contributed by atoms with E-state index in [9.17, 15) is 0 Å². The Bertz CT molecular complexity index is 581. The average molecular weight is 257 g/mol. The first-order valence-electron chi connectivity index (χ1n) is 7.30. The Labute approximate surface area is 115 Å². The van der Waals surface area contributed by atoms with E-state index in [-0.39, 0.29) is 0 Å². The van der Waals surface area contributed by atoms with Crippen molar-refractivity contribution in [1.82, 2.24) is 15.1 Å². The van der Waals surface area contributed by atoms with Gasteiger partial charge in [-0.25, -0.2) is 0 Å². The summed E-state index contributed by atoms with van der Waals surface area (Å²) < 4.78 is 2.01. The molecule has 0 spiro atoms. The van der Waals surface area contributed by atoms with Crippen molar-refractivity contribution in [2.75, 3.05) is 6.54 Å². The highest BCUT2D eigenvalue weighted by atomic mass is 15.3.